The molecule has 8 aromatic rings. The zero-order valence-corrected chi connectivity index (χ0v) is 50.4. The monoisotopic (exact) mass is 1350 g/mol. The molecular weight excluding hydrogens is 1280 g/mol. The molecule has 0 unspecified atom stereocenters. The molecular formula is C56H64Cl2O4Sn4. The van der Waals surface area contributed by atoms with Crippen molar-refractivity contribution in [1.29, 1.82) is 0 Å². The molecule has 0 saturated carbocycles. The molecule has 0 fully saturated rings. The molecule has 0 saturated heterocycles. The molecule has 10 heteroatoms. The van der Waals surface area contributed by atoms with Crippen molar-refractivity contribution in [2.45, 2.75) is 35.5 Å². The van der Waals surface area contributed by atoms with Gasteiger partial charge in [0.1, 0.15) is 0 Å². The number of benzene rings is 8. The van der Waals surface area contributed by atoms with Crippen LogP contribution in [0.2, 0.25) is 0 Å². The summed E-state index contributed by atoms with van der Waals surface area (Å²) >= 11 is -4.01. The molecule has 66 heavy (non-hydrogen) atoms. The second-order valence-electron chi connectivity index (χ2n) is 14.8. The van der Waals surface area contributed by atoms with Gasteiger partial charge in [0.25, 0.3) is 0 Å². The molecule has 0 aliphatic carbocycles. The molecule has 0 heterocycles. The van der Waals surface area contributed by atoms with E-state index in [-0.39, 0.29) is 64.2 Å². The Hall–Kier alpha value is -2.63. The van der Waals surface area contributed by atoms with Crippen molar-refractivity contribution < 1.29 is 21.9 Å². The topological polar surface area (TPSA) is 126 Å². The van der Waals surface area contributed by atoms with E-state index in [1.807, 2.05) is 0 Å². The summed E-state index contributed by atoms with van der Waals surface area (Å²) in [6.07, 6.45) is 0. The first-order chi connectivity index (χ1) is 30.6. The molecule has 8 rings (SSSR count). The van der Waals surface area contributed by atoms with E-state index < -0.39 is 37.3 Å². The zero-order valence-electron chi connectivity index (χ0n) is 37.5. The first-order valence-corrected chi connectivity index (χ1v) is 44.7. The second-order valence-corrected chi connectivity index (χ2v) is 38.8. The van der Waals surface area contributed by atoms with Crippen LogP contribution < -0.4 is 0 Å². The maximum absolute atomic E-state index is 6.55. The molecule has 0 aliphatic rings. The van der Waals surface area contributed by atoms with Gasteiger partial charge in [-0.15, -0.1) is 0 Å². The summed E-state index contributed by atoms with van der Waals surface area (Å²) in [6, 6.07) is 85.7. The molecule has 0 atom stereocenters. The van der Waals surface area contributed by atoms with Gasteiger partial charge < -0.3 is 21.9 Å². The zero-order chi connectivity index (χ0) is 43.1. The van der Waals surface area contributed by atoms with Crippen LogP contribution in [0, 0.1) is 0 Å². The quantitative estimate of drug-likeness (QED) is 0.0855. The van der Waals surface area contributed by atoms with Crippen molar-refractivity contribution >= 4 is 97.4 Å². The summed E-state index contributed by atoms with van der Waals surface area (Å²) in [5.74, 6) is 0. The van der Waals surface area contributed by atoms with Gasteiger partial charge in [-0.1, -0.05) is 0 Å². The molecule has 0 aromatic heterocycles. The Balaban J connectivity index is 0.000000431. The Labute approximate surface area is 436 Å². The fraction of sp³-hybridized carbons (Fsp3) is 0.143. The standard InChI is InChI=1S/8C7H7.2ClH.4H2O.4Sn/c8*1-7-5-3-2-4-6-7;;;;;;;;;;/h8*2-6H,1H2;2*1H;4*1H2;;;;/q;;;;;;;;;;;;;;;;2*+1/p-2. The molecule has 8 aromatic carbocycles. The van der Waals surface area contributed by atoms with Gasteiger partial charge in [0.05, 0.1) is 0 Å². The molecule has 6 radical (unpaired) electrons. The third kappa shape index (κ3) is 28.0. The van der Waals surface area contributed by atoms with E-state index in [1.165, 1.54) is 62.3 Å². The predicted molar refractivity (Wildman–Crippen MR) is 290 cm³/mol. The Bertz CT molecular complexity index is 1950. The van der Waals surface area contributed by atoms with Crippen molar-refractivity contribution in [2.24, 2.45) is 0 Å². The predicted octanol–water partition coefficient (Wildman–Crippen LogP) is 10.4. The minimum atomic E-state index is -1.75. The summed E-state index contributed by atoms with van der Waals surface area (Å²) in [4.78, 5) is 0. The third-order valence-corrected chi connectivity index (χ3v) is 29.8. The summed E-state index contributed by atoms with van der Waals surface area (Å²) in [5.41, 5.74) is 11.6. The van der Waals surface area contributed by atoms with E-state index in [4.69, 9.17) is 17.8 Å². The van der Waals surface area contributed by atoms with Gasteiger partial charge in [-0.3, -0.25) is 0 Å². The van der Waals surface area contributed by atoms with E-state index in [2.05, 4.69) is 243 Å². The van der Waals surface area contributed by atoms with Crippen LogP contribution >= 0.6 is 17.8 Å². The van der Waals surface area contributed by atoms with Gasteiger partial charge in [0.15, 0.2) is 0 Å². The van der Waals surface area contributed by atoms with Crippen LogP contribution in [0.15, 0.2) is 243 Å². The summed E-state index contributed by atoms with van der Waals surface area (Å²) < 4.78 is 9.88. The number of halogens is 2. The van der Waals surface area contributed by atoms with Crippen molar-refractivity contribution in [3.05, 3.63) is 287 Å². The van der Waals surface area contributed by atoms with E-state index in [9.17, 15) is 0 Å². The normalized spacial score (nSPS) is 9.76. The van der Waals surface area contributed by atoms with E-state index >= 15 is 0 Å². The van der Waals surface area contributed by atoms with Crippen molar-refractivity contribution in [3.63, 3.8) is 0 Å². The minimum absolute atomic E-state index is 0. The van der Waals surface area contributed by atoms with Gasteiger partial charge >= 0.3 is 420 Å². The molecule has 0 spiro atoms. The summed E-state index contributed by atoms with van der Waals surface area (Å²) in [7, 11) is 13.1. The summed E-state index contributed by atoms with van der Waals surface area (Å²) in [5, 5.41) is 0. The number of rotatable bonds is 16. The first kappa shape index (κ1) is 61.4. The number of hydrogen-bond acceptors (Lipinski definition) is 0. The average Bonchev–Trinajstić information content (AvgIpc) is 3.32. The van der Waals surface area contributed by atoms with Crippen LogP contribution in [0.3, 0.4) is 0 Å². The van der Waals surface area contributed by atoms with Crippen LogP contribution in [-0.4, -0.2) is 101 Å². The SMILES string of the molecule is O.O.O.O.[Cl][Sn]([CH2]c1ccccc1)[CH2]c1ccccc1.[Cl][Sn]([CH2]c1ccccc1)[CH2]c1ccccc1.c1ccc([CH2][Sn][CH2]c2ccccc2)cc1.c1ccc([CH2][Sn][CH2]c2ccccc2)cc1. The Morgan fingerprint density at radius 1 is 0.227 bits per heavy atom. The van der Waals surface area contributed by atoms with Crippen LogP contribution in [-0.2, 0) is 35.5 Å². The molecule has 8 N–H and O–H groups in total. The van der Waals surface area contributed by atoms with Gasteiger partial charge in [-0.05, 0) is 0 Å². The summed E-state index contributed by atoms with van der Waals surface area (Å²) in [6.45, 7) is 0. The molecule has 0 aliphatic heterocycles. The van der Waals surface area contributed by atoms with Gasteiger partial charge in [0.2, 0.25) is 0 Å². The van der Waals surface area contributed by atoms with Crippen molar-refractivity contribution in [2.75, 3.05) is 0 Å². The van der Waals surface area contributed by atoms with Crippen LogP contribution in [0.1, 0.15) is 44.5 Å². The number of hydrogen-bond donors (Lipinski definition) is 0. The molecule has 0 bridgehead atoms. The Kier molecular flexibility index (Phi) is 36.5. The van der Waals surface area contributed by atoms with E-state index in [0.29, 0.717) is 0 Å². The van der Waals surface area contributed by atoms with Crippen LogP contribution in [0.25, 0.3) is 0 Å². The van der Waals surface area contributed by atoms with Gasteiger partial charge in [-0.25, -0.2) is 0 Å². The fourth-order valence-corrected chi connectivity index (χ4v) is 25.8. The maximum atomic E-state index is 6.55. The first-order valence-electron chi connectivity index (χ1n) is 21.3. The van der Waals surface area contributed by atoms with E-state index in [0.717, 1.165) is 17.7 Å². The third-order valence-electron chi connectivity index (χ3n) is 9.64. The molecule has 0 amide bonds. The Morgan fingerprint density at radius 2 is 0.364 bits per heavy atom. The second kappa shape index (κ2) is 39.2. The van der Waals surface area contributed by atoms with E-state index in [1.54, 1.807) is 0 Å². The van der Waals surface area contributed by atoms with Crippen LogP contribution in [0.5, 0.6) is 0 Å². The average molecular weight is 1350 g/mol. The Morgan fingerprint density at radius 3 is 0.515 bits per heavy atom. The molecule has 342 valence electrons. The van der Waals surface area contributed by atoms with Crippen molar-refractivity contribution in [3.8, 4) is 0 Å². The van der Waals surface area contributed by atoms with Crippen LogP contribution in [0.4, 0.5) is 0 Å². The molecule has 4 nitrogen and oxygen atoms in total. The fourth-order valence-electron chi connectivity index (χ4n) is 6.48. The van der Waals surface area contributed by atoms with Gasteiger partial charge in [0, 0.05) is 0 Å². The van der Waals surface area contributed by atoms with Crippen molar-refractivity contribution in [1.82, 2.24) is 0 Å². The van der Waals surface area contributed by atoms with Gasteiger partial charge in [-0.2, -0.15) is 0 Å².